The molecule has 3 amide bonds. The Balaban J connectivity index is 1.36. The summed E-state index contributed by atoms with van der Waals surface area (Å²) in [5, 5.41) is 0. The summed E-state index contributed by atoms with van der Waals surface area (Å²) in [6.07, 6.45) is 0.0631. The van der Waals surface area contributed by atoms with Crippen molar-refractivity contribution in [1.29, 1.82) is 0 Å². The van der Waals surface area contributed by atoms with Crippen molar-refractivity contribution in [3.8, 4) is 5.75 Å². The highest BCUT2D eigenvalue weighted by Gasteiger charge is 2.42. The highest BCUT2D eigenvalue weighted by Crippen LogP contribution is 2.46. The van der Waals surface area contributed by atoms with E-state index >= 15 is 0 Å². The molecular formula is C28H20Br4N2O5. The standard InChI is InChI=1S/C28H20Br4N2O5/c1-12-5-4-6-13(2)25(12)33-11-15(10-18(33)35)28(38)39-16-7-8-17(14(3)9-16)34-26(36)19-20(27(34)37)22(30)24(32)23(31)21(19)29/h4-9,15H,10-11H2,1-3H3/t15-/m0/s1. The average Bonchev–Trinajstić information content (AvgIpc) is 3.38. The second kappa shape index (κ2) is 10.6. The second-order valence-electron chi connectivity index (χ2n) is 9.47. The van der Waals surface area contributed by atoms with Gasteiger partial charge in [-0.05, 0) is 119 Å². The van der Waals surface area contributed by atoms with E-state index in [-0.39, 0.29) is 35.7 Å². The van der Waals surface area contributed by atoms with Crippen LogP contribution in [-0.4, -0.2) is 30.2 Å². The van der Waals surface area contributed by atoms with Gasteiger partial charge in [0.1, 0.15) is 5.75 Å². The van der Waals surface area contributed by atoms with Crippen LogP contribution in [0.2, 0.25) is 0 Å². The van der Waals surface area contributed by atoms with Crippen LogP contribution in [0, 0.1) is 26.7 Å². The first-order valence-corrected chi connectivity index (χ1v) is 15.0. The maximum absolute atomic E-state index is 13.4. The van der Waals surface area contributed by atoms with E-state index < -0.39 is 23.7 Å². The lowest BCUT2D eigenvalue weighted by Crippen LogP contribution is -2.30. The summed E-state index contributed by atoms with van der Waals surface area (Å²) in [6, 6.07) is 10.5. The maximum Gasteiger partial charge on any atom is 0.316 e. The molecular weight excluding hydrogens is 764 g/mol. The fourth-order valence-electron chi connectivity index (χ4n) is 5.02. The molecule has 11 heteroatoms. The van der Waals surface area contributed by atoms with Gasteiger partial charge >= 0.3 is 5.97 Å². The van der Waals surface area contributed by atoms with Gasteiger partial charge in [0.15, 0.2) is 0 Å². The lowest BCUT2D eigenvalue weighted by atomic mass is 10.1. The minimum Gasteiger partial charge on any atom is -0.426 e. The minimum absolute atomic E-state index is 0.0631. The largest absolute Gasteiger partial charge is 0.426 e. The van der Waals surface area contributed by atoms with Gasteiger partial charge in [0.2, 0.25) is 5.91 Å². The highest BCUT2D eigenvalue weighted by molar-refractivity contribution is 9.15. The average molecular weight is 784 g/mol. The number of hydrogen-bond acceptors (Lipinski definition) is 5. The zero-order valence-electron chi connectivity index (χ0n) is 20.9. The number of imide groups is 1. The van der Waals surface area contributed by atoms with E-state index in [1.165, 1.54) is 0 Å². The molecule has 1 saturated heterocycles. The van der Waals surface area contributed by atoms with Crippen molar-refractivity contribution >= 4 is 98.8 Å². The van der Waals surface area contributed by atoms with Crippen molar-refractivity contribution in [2.45, 2.75) is 27.2 Å². The van der Waals surface area contributed by atoms with Crippen molar-refractivity contribution in [2.75, 3.05) is 16.3 Å². The van der Waals surface area contributed by atoms with E-state index in [9.17, 15) is 19.2 Å². The first kappa shape index (κ1) is 28.2. The molecule has 1 atom stereocenters. The lowest BCUT2D eigenvalue weighted by molar-refractivity contribution is -0.139. The fraction of sp³-hybridized carbons (Fsp3) is 0.214. The van der Waals surface area contributed by atoms with E-state index in [1.807, 2.05) is 32.0 Å². The fourth-order valence-corrected chi connectivity index (χ4v) is 7.48. The lowest BCUT2D eigenvalue weighted by Gasteiger charge is -2.21. The van der Waals surface area contributed by atoms with Crippen molar-refractivity contribution in [2.24, 2.45) is 5.92 Å². The van der Waals surface area contributed by atoms with Crippen molar-refractivity contribution in [3.05, 3.63) is 82.1 Å². The number of carbonyl (C=O) groups excluding carboxylic acids is 4. The van der Waals surface area contributed by atoms with Crippen LogP contribution in [0.25, 0.3) is 0 Å². The molecule has 7 nitrogen and oxygen atoms in total. The van der Waals surface area contributed by atoms with Gasteiger partial charge in [-0.25, -0.2) is 4.90 Å². The first-order chi connectivity index (χ1) is 18.4. The molecule has 3 aromatic rings. The Bertz CT molecular complexity index is 1550. The Labute approximate surface area is 258 Å². The Kier molecular flexibility index (Phi) is 7.64. The summed E-state index contributed by atoms with van der Waals surface area (Å²) in [5.74, 6) is -1.92. The molecule has 0 bridgehead atoms. The molecule has 2 aliphatic rings. The Morgan fingerprint density at radius 3 is 1.92 bits per heavy atom. The van der Waals surface area contributed by atoms with E-state index in [2.05, 4.69) is 63.7 Å². The van der Waals surface area contributed by atoms with Gasteiger partial charge < -0.3 is 9.64 Å². The molecule has 1 fully saturated rings. The number of aryl methyl sites for hydroxylation is 3. The van der Waals surface area contributed by atoms with Crippen LogP contribution in [-0.2, 0) is 9.59 Å². The van der Waals surface area contributed by atoms with Crippen molar-refractivity contribution in [3.63, 3.8) is 0 Å². The molecule has 5 rings (SSSR count). The van der Waals surface area contributed by atoms with E-state index in [0.29, 0.717) is 29.1 Å². The molecule has 0 radical (unpaired) electrons. The molecule has 2 heterocycles. The molecule has 0 aromatic heterocycles. The Morgan fingerprint density at radius 2 is 1.38 bits per heavy atom. The highest BCUT2D eigenvalue weighted by atomic mass is 79.9. The van der Waals surface area contributed by atoms with Crippen LogP contribution >= 0.6 is 63.7 Å². The van der Waals surface area contributed by atoms with Crippen molar-refractivity contribution in [1.82, 2.24) is 0 Å². The number of nitrogens with zero attached hydrogens (tertiary/aromatic N) is 2. The molecule has 200 valence electrons. The number of fused-ring (bicyclic) bond motifs is 1. The van der Waals surface area contributed by atoms with Gasteiger partial charge in [-0.1, -0.05) is 18.2 Å². The summed E-state index contributed by atoms with van der Waals surface area (Å²) < 4.78 is 7.80. The second-order valence-corrected chi connectivity index (χ2v) is 12.6. The van der Waals surface area contributed by atoms with Crippen LogP contribution in [0.1, 0.15) is 43.8 Å². The van der Waals surface area contributed by atoms with Crippen LogP contribution in [0.15, 0.2) is 54.3 Å². The number of rotatable bonds is 4. The van der Waals surface area contributed by atoms with E-state index in [0.717, 1.165) is 21.7 Å². The number of amides is 3. The van der Waals surface area contributed by atoms with Crippen LogP contribution in [0.5, 0.6) is 5.75 Å². The number of ether oxygens (including phenoxy) is 1. The predicted molar refractivity (Wildman–Crippen MR) is 162 cm³/mol. The Hall–Kier alpha value is -2.34. The third-order valence-corrected chi connectivity index (χ3v) is 11.7. The topological polar surface area (TPSA) is 84.0 Å². The molecule has 39 heavy (non-hydrogen) atoms. The van der Waals surface area contributed by atoms with Gasteiger partial charge in [0, 0.05) is 36.5 Å². The summed E-state index contributed by atoms with van der Waals surface area (Å²) in [6.45, 7) is 5.85. The number of carbonyl (C=O) groups is 4. The molecule has 2 aliphatic heterocycles. The van der Waals surface area contributed by atoms with Crippen LogP contribution < -0.4 is 14.5 Å². The summed E-state index contributed by atoms with van der Waals surface area (Å²) in [5.41, 5.74) is 4.21. The summed E-state index contributed by atoms with van der Waals surface area (Å²) in [4.78, 5) is 55.3. The number of benzene rings is 3. The maximum atomic E-state index is 13.4. The smallest absolute Gasteiger partial charge is 0.316 e. The molecule has 0 N–H and O–H groups in total. The number of para-hydroxylation sites is 1. The molecule has 0 saturated carbocycles. The molecule has 0 unspecified atom stereocenters. The number of halogens is 4. The van der Waals surface area contributed by atoms with Gasteiger partial charge in [0.05, 0.1) is 22.7 Å². The van der Waals surface area contributed by atoms with Crippen molar-refractivity contribution < 1.29 is 23.9 Å². The van der Waals surface area contributed by atoms with Crippen LogP contribution in [0.4, 0.5) is 11.4 Å². The summed E-state index contributed by atoms with van der Waals surface area (Å²) >= 11 is 13.7. The van der Waals surface area contributed by atoms with Gasteiger partial charge in [0.25, 0.3) is 11.8 Å². The van der Waals surface area contributed by atoms with Crippen LogP contribution in [0.3, 0.4) is 0 Å². The normalized spacial score (nSPS) is 16.8. The van der Waals surface area contributed by atoms with E-state index in [1.54, 1.807) is 30.0 Å². The third kappa shape index (κ3) is 4.71. The van der Waals surface area contributed by atoms with Gasteiger partial charge in [-0.3, -0.25) is 19.2 Å². The number of esters is 1. The zero-order chi connectivity index (χ0) is 28.3. The zero-order valence-corrected chi connectivity index (χ0v) is 27.2. The SMILES string of the molecule is Cc1cc(OC(=O)[C@H]2CC(=O)N(c3c(C)cccc3C)C2)ccc1N1C(=O)c2c(Br)c(Br)c(Br)c(Br)c2C1=O. The quantitative estimate of drug-likeness (QED) is 0.0905. The van der Waals surface area contributed by atoms with E-state index in [4.69, 9.17) is 4.74 Å². The molecule has 0 aliphatic carbocycles. The van der Waals surface area contributed by atoms with Gasteiger partial charge in [-0.15, -0.1) is 0 Å². The third-order valence-electron chi connectivity index (χ3n) is 6.90. The summed E-state index contributed by atoms with van der Waals surface area (Å²) in [7, 11) is 0. The Morgan fingerprint density at radius 1 is 0.821 bits per heavy atom. The monoisotopic (exact) mass is 780 g/mol. The molecule has 0 spiro atoms. The van der Waals surface area contributed by atoms with Gasteiger partial charge in [-0.2, -0.15) is 0 Å². The molecule has 3 aromatic carbocycles. The number of hydrogen-bond donors (Lipinski definition) is 0. The first-order valence-electron chi connectivity index (χ1n) is 11.9. The minimum atomic E-state index is -0.612. The predicted octanol–water partition coefficient (Wildman–Crippen LogP) is 7.42. The number of anilines is 2.